The first-order chi connectivity index (χ1) is 15.6. The van der Waals surface area contributed by atoms with Gasteiger partial charge in [-0.15, -0.1) is 0 Å². The van der Waals surface area contributed by atoms with E-state index in [4.69, 9.17) is 0 Å². The van der Waals surface area contributed by atoms with Crippen molar-refractivity contribution in [3.8, 4) is 0 Å². The van der Waals surface area contributed by atoms with Gasteiger partial charge in [-0.25, -0.2) is 9.07 Å². The van der Waals surface area contributed by atoms with E-state index in [0.29, 0.717) is 0 Å². The Morgan fingerprint density at radius 1 is 0.971 bits per heavy atom. The van der Waals surface area contributed by atoms with Gasteiger partial charge in [0.1, 0.15) is 6.10 Å². The molecule has 0 fully saturated rings. The molecule has 0 radical (unpaired) electrons. The maximum Gasteiger partial charge on any atom is 0.523 e. The standard InChI is InChI=1S/C19H25F5O9SSi/c1-16(2,3)15(28)17(20,21)18(31-33-35(4)5,32-34(29,30)19(22,23)24)14(27)13(26)12(25)11-9-7-6-8-10-11/h6-10,13-14,26-27,35H,1-5H3/t13?,14-,18-/m1/s1. The first kappa shape index (κ1) is 31.2. The molecule has 1 aromatic rings. The molecule has 0 aromatic heterocycles. The number of hydrogen-bond acceptors (Lipinski definition) is 9. The average Bonchev–Trinajstić information content (AvgIpc) is 2.73. The fourth-order valence-corrected chi connectivity index (χ4v) is 3.52. The predicted octanol–water partition coefficient (Wildman–Crippen LogP) is 2.34. The number of ketones is 2. The van der Waals surface area contributed by atoms with Crippen molar-refractivity contribution in [2.45, 2.75) is 63.3 Å². The van der Waals surface area contributed by atoms with Crippen LogP contribution in [-0.4, -0.2) is 68.7 Å². The fraction of sp³-hybridized carbons (Fsp3) is 0.579. The number of alkyl halides is 5. The van der Waals surface area contributed by atoms with Crippen molar-refractivity contribution >= 4 is 30.7 Å². The van der Waals surface area contributed by atoms with Crippen LogP contribution in [-0.2, 0) is 28.6 Å². The minimum Gasteiger partial charge on any atom is -0.384 e. The Bertz CT molecular complexity index is 1010. The Balaban J connectivity index is 3.89. The minimum absolute atomic E-state index is 0.406. The molecule has 200 valence electrons. The van der Waals surface area contributed by atoms with Crippen molar-refractivity contribution in [1.82, 2.24) is 0 Å². The van der Waals surface area contributed by atoms with Gasteiger partial charge in [0, 0.05) is 11.0 Å². The maximum atomic E-state index is 15.6. The molecule has 0 saturated heterocycles. The minimum atomic E-state index is -7.04. The topological polar surface area (TPSA) is 136 Å². The van der Waals surface area contributed by atoms with Crippen LogP contribution in [0.15, 0.2) is 30.3 Å². The van der Waals surface area contributed by atoms with Crippen LogP contribution < -0.4 is 0 Å². The summed E-state index contributed by atoms with van der Waals surface area (Å²) in [4.78, 5) is 29.4. The molecule has 1 aromatic carbocycles. The fourth-order valence-electron chi connectivity index (χ4n) is 2.53. The molecule has 9 nitrogen and oxygen atoms in total. The van der Waals surface area contributed by atoms with Crippen molar-refractivity contribution in [1.29, 1.82) is 0 Å². The lowest BCUT2D eigenvalue weighted by Crippen LogP contribution is -2.69. The Morgan fingerprint density at radius 2 is 1.46 bits per heavy atom. The zero-order valence-electron chi connectivity index (χ0n) is 19.2. The van der Waals surface area contributed by atoms with Gasteiger partial charge in [0.15, 0.2) is 11.9 Å². The largest absolute Gasteiger partial charge is 0.523 e. The highest BCUT2D eigenvalue weighted by Crippen LogP contribution is 2.45. The zero-order valence-corrected chi connectivity index (χ0v) is 21.1. The van der Waals surface area contributed by atoms with E-state index in [9.17, 15) is 41.4 Å². The van der Waals surface area contributed by atoms with Crippen LogP contribution in [0, 0.1) is 5.41 Å². The van der Waals surface area contributed by atoms with Crippen LogP contribution in [0.5, 0.6) is 0 Å². The average molecular weight is 553 g/mol. The third kappa shape index (κ3) is 6.69. The van der Waals surface area contributed by atoms with Crippen molar-refractivity contribution in [3.63, 3.8) is 0 Å². The second-order valence-corrected chi connectivity index (χ2v) is 12.5. The van der Waals surface area contributed by atoms with Crippen LogP contribution in [0.25, 0.3) is 0 Å². The molecule has 3 atom stereocenters. The van der Waals surface area contributed by atoms with Crippen molar-refractivity contribution in [2.24, 2.45) is 5.41 Å². The number of carbonyl (C=O) groups is 2. The van der Waals surface area contributed by atoms with Crippen molar-refractivity contribution in [2.75, 3.05) is 0 Å². The Morgan fingerprint density at radius 3 is 1.86 bits per heavy atom. The molecule has 16 heteroatoms. The first-order valence-corrected chi connectivity index (χ1v) is 14.0. The van der Waals surface area contributed by atoms with E-state index >= 15 is 8.78 Å². The summed E-state index contributed by atoms with van der Waals surface area (Å²) in [6.07, 6.45) is -6.64. The number of halogens is 5. The van der Waals surface area contributed by atoms with Gasteiger partial charge in [0.25, 0.3) is 0 Å². The van der Waals surface area contributed by atoms with E-state index in [1.165, 1.54) is 31.3 Å². The van der Waals surface area contributed by atoms with Gasteiger partial charge in [-0.2, -0.15) is 30.4 Å². The molecule has 0 saturated carbocycles. The Kier molecular flexibility index (Phi) is 9.50. The van der Waals surface area contributed by atoms with Gasteiger partial charge in [0.05, 0.1) is 0 Å². The molecule has 0 aliphatic rings. The van der Waals surface area contributed by atoms with Gasteiger partial charge in [-0.05, 0) is 13.1 Å². The number of hydrogen-bond donors (Lipinski definition) is 2. The Hall–Kier alpha value is -1.82. The van der Waals surface area contributed by atoms with Crippen LogP contribution in [0.2, 0.25) is 13.1 Å². The summed E-state index contributed by atoms with van der Waals surface area (Å²) < 4.78 is 102. The highest BCUT2D eigenvalue weighted by molar-refractivity contribution is 7.87. The summed E-state index contributed by atoms with van der Waals surface area (Å²) in [5, 5.41) is 21.0. The predicted molar refractivity (Wildman–Crippen MR) is 112 cm³/mol. The molecular formula is C19H25F5O9SSi. The van der Waals surface area contributed by atoms with Gasteiger partial charge in [-0.3, -0.25) is 14.2 Å². The second-order valence-electron chi connectivity index (χ2n) is 8.65. The Labute approximate surface area is 199 Å². The van der Waals surface area contributed by atoms with E-state index in [1.54, 1.807) is 0 Å². The van der Waals surface area contributed by atoms with E-state index < -0.39 is 71.1 Å². The maximum absolute atomic E-state index is 15.6. The molecule has 0 amide bonds. The third-order valence-electron chi connectivity index (χ3n) is 4.30. The number of benzene rings is 1. The molecule has 1 unspecified atom stereocenters. The van der Waals surface area contributed by atoms with E-state index in [0.717, 1.165) is 32.9 Å². The molecule has 0 spiro atoms. The normalized spacial score (nSPS) is 17.1. The highest BCUT2D eigenvalue weighted by Gasteiger charge is 2.73. The van der Waals surface area contributed by atoms with E-state index in [1.807, 2.05) is 0 Å². The number of Topliss-reactive ketones (excluding diaryl/α,β-unsaturated/α-hetero) is 2. The molecular weight excluding hydrogens is 527 g/mol. The third-order valence-corrected chi connectivity index (χ3v) is 5.82. The van der Waals surface area contributed by atoms with Crippen LogP contribution in [0.3, 0.4) is 0 Å². The van der Waals surface area contributed by atoms with Gasteiger partial charge in [-0.1, -0.05) is 51.1 Å². The van der Waals surface area contributed by atoms with Gasteiger partial charge < -0.3 is 10.2 Å². The summed E-state index contributed by atoms with van der Waals surface area (Å²) in [5.74, 6) is -14.1. The number of aliphatic hydroxyl groups excluding tert-OH is 2. The highest BCUT2D eigenvalue weighted by atomic mass is 32.2. The molecule has 0 heterocycles. The summed E-state index contributed by atoms with van der Waals surface area (Å²) >= 11 is 0. The molecule has 35 heavy (non-hydrogen) atoms. The quantitative estimate of drug-likeness (QED) is 0.0620. The summed E-state index contributed by atoms with van der Waals surface area (Å²) in [6, 6.07) is 6.08. The summed E-state index contributed by atoms with van der Waals surface area (Å²) in [7, 11) is -9.72. The van der Waals surface area contributed by atoms with E-state index in [-0.39, 0.29) is 0 Å². The number of carbonyl (C=O) groups excluding carboxylic acids is 2. The second kappa shape index (κ2) is 10.7. The van der Waals surface area contributed by atoms with Crippen LogP contribution >= 0.6 is 0 Å². The zero-order chi connectivity index (χ0) is 27.6. The lowest BCUT2D eigenvalue weighted by Gasteiger charge is -2.42. The van der Waals surface area contributed by atoms with Crippen molar-refractivity contribution < 1.29 is 63.8 Å². The number of rotatable bonds is 11. The molecule has 0 aliphatic heterocycles. The van der Waals surface area contributed by atoms with Crippen molar-refractivity contribution in [3.05, 3.63) is 35.9 Å². The molecule has 0 aliphatic carbocycles. The smallest absolute Gasteiger partial charge is 0.384 e. The van der Waals surface area contributed by atoms with E-state index in [2.05, 4.69) is 13.6 Å². The lowest BCUT2D eigenvalue weighted by molar-refractivity contribution is -0.436. The van der Waals surface area contributed by atoms with Crippen LogP contribution in [0.4, 0.5) is 22.0 Å². The first-order valence-electron chi connectivity index (χ1n) is 9.86. The monoisotopic (exact) mass is 552 g/mol. The van der Waals surface area contributed by atoms with Crippen LogP contribution in [0.1, 0.15) is 31.1 Å². The SMILES string of the molecule is C[SiH](C)OO[C@@](OS(=O)(=O)C(F)(F)F)([C@H](O)C(O)C(=O)c1ccccc1)C(F)(F)C(=O)C(C)(C)C. The summed E-state index contributed by atoms with van der Waals surface area (Å²) in [5.41, 5.74) is -8.82. The van der Waals surface area contributed by atoms with Gasteiger partial charge in [0.2, 0.25) is 14.8 Å². The lowest BCUT2D eigenvalue weighted by atomic mass is 9.81. The molecule has 0 bridgehead atoms. The molecule has 2 N–H and O–H groups in total. The molecule has 1 rings (SSSR count). The number of aliphatic hydroxyl groups is 2. The summed E-state index contributed by atoms with van der Waals surface area (Å²) in [6.45, 7) is 5.20. The van der Waals surface area contributed by atoms with Gasteiger partial charge >= 0.3 is 27.3 Å².